The Hall–Kier alpha value is -1.21. The molecule has 0 unspecified atom stereocenters. The number of alkyl halides is 3. The minimum atomic E-state index is -3.83. The number of benzene rings is 1. The molecule has 1 N–H and O–H groups in total. The number of carboxylic acids is 1. The van der Waals surface area contributed by atoms with Crippen LogP contribution in [0, 0.1) is 0 Å². The number of aromatic carboxylic acids is 1. The van der Waals surface area contributed by atoms with Crippen LogP contribution in [0.15, 0.2) is 23.1 Å². The topological polar surface area (TPSA) is 71.4 Å². The number of hydrogen-bond donors (Lipinski definition) is 1. The molecule has 0 heterocycles. The number of hydrogen-bond acceptors (Lipinski definition) is 3. The molecule has 17 heavy (non-hydrogen) atoms. The summed E-state index contributed by atoms with van der Waals surface area (Å²) in [5.41, 5.74) is -1.44. The summed E-state index contributed by atoms with van der Waals surface area (Å²) in [6.45, 7) is 0. The monoisotopic (exact) mass is 284 g/mol. The average Bonchev–Trinajstić information content (AvgIpc) is 2.14. The summed E-state index contributed by atoms with van der Waals surface area (Å²) in [4.78, 5) is 10.2. The molecule has 4 nitrogen and oxygen atoms in total. The minimum Gasteiger partial charge on any atom is -0.478 e. The third-order valence-electron chi connectivity index (χ3n) is 1.91. The maximum absolute atomic E-state index is 12.8. The van der Waals surface area contributed by atoms with Crippen molar-refractivity contribution >= 4 is 27.4 Å². The fraction of sp³-hybridized carbons (Fsp3) is 0.222. The number of halogens is 3. The van der Waals surface area contributed by atoms with Crippen LogP contribution in [0.5, 0.6) is 0 Å². The first-order valence-corrected chi connectivity index (χ1v) is 6.44. The summed E-state index contributed by atoms with van der Waals surface area (Å²) in [7, 11) is -3.80. The van der Waals surface area contributed by atoms with Gasteiger partial charge in [-0.1, -0.05) is 0 Å². The molecule has 0 radical (unpaired) electrons. The zero-order chi connectivity index (χ0) is 13.4. The molecule has 0 bridgehead atoms. The first-order chi connectivity index (χ1) is 7.51. The van der Waals surface area contributed by atoms with Gasteiger partial charge in [0.05, 0.1) is 10.5 Å². The van der Waals surface area contributed by atoms with Crippen molar-refractivity contribution in [3.63, 3.8) is 0 Å². The van der Waals surface area contributed by atoms with Crippen LogP contribution in [0.4, 0.5) is 8.78 Å². The van der Waals surface area contributed by atoms with Crippen molar-refractivity contribution in [2.24, 2.45) is 0 Å². The van der Waals surface area contributed by atoms with Crippen molar-refractivity contribution in [2.75, 3.05) is 6.26 Å². The molecule has 0 aliphatic rings. The highest BCUT2D eigenvalue weighted by Gasteiger charge is 2.30. The smallest absolute Gasteiger partial charge is 0.348 e. The molecule has 1 aromatic carbocycles. The first-order valence-electron chi connectivity index (χ1n) is 4.17. The molecule has 0 aliphatic carbocycles. The molecular formula is C9H7ClF2O4S. The number of carbonyl (C=O) groups is 1. The first kappa shape index (κ1) is 13.9. The Bertz CT molecular complexity index is 563. The number of rotatable bonds is 3. The maximum atomic E-state index is 12.8. The summed E-state index contributed by atoms with van der Waals surface area (Å²) in [6, 6.07) is 2.07. The van der Waals surface area contributed by atoms with Gasteiger partial charge in [0.1, 0.15) is 0 Å². The van der Waals surface area contributed by atoms with Crippen molar-refractivity contribution in [1.29, 1.82) is 0 Å². The van der Waals surface area contributed by atoms with E-state index in [0.29, 0.717) is 12.1 Å². The van der Waals surface area contributed by atoms with Gasteiger partial charge >= 0.3 is 11.4 Å². The molecule has 0 aromatic heterocycles. The van der Waals surface area contributed by atoms with Gasteiger partial charge in [-0.15, -0.1) is 0 Å². The third-order valence-corrected chi connectivity index (χ3v) is 3.22. The molecule has 0 aliphatic heterocycles. The zero-order valence-corrected chi connectivity index (χ0v) is 10.0. The Morgan fingerprint density at radius 2 is 1.88 bits per heavy atom. The maximum Gasteiger partial charge on any atom is 0.348 e. The van der Waals surface area contributed by atoms with Crippen molar-refractivity contribution in [1.82, 2.24) is 0 Å². The molecule has 1 rings (SSSR count). The van der Waals surface area contributed by atoms with Crippen molar-refractivity contribution < 1.29 is 27.1 Å². The zero-order valence-electron chi connectivity index (χ0n) is 8.45. The Labute approximate surface area is 101 Å². The Balaban J connectivity index is 3.56. The summed E-state index contributed by atoms with van der Waals surface area (Å²) in [5, 5.41) is 4.85. The van der Waals surface area contributed by atoms with Crippen LogP contribution >= 0.6 is 11.6 Å². The van der Waals surface area contributed by atoms with Gasteiger partial charge in [0, 0.05) is 11.8 Å². The van der Waals surface area contributed by atoms with Crippen LogP contribution in [0.2, 0.25) is 0 Å². The van der Waals surface area contributed by atoms with E-state index in [1.165, 1.54) is 0 Å². The summed E-state index contributed by atoms with van der Waals surface area (Å²) >= 11 is 4.74. The number of sulfone groups is 1. The van der Waals surface area contributed by atoms with Crippen molar-refractivity contribution in [2.45, 2.75) is 10.3 Å². The van der Waals surface area contributed by atoms with Gasteiger partial charge in [-0.05, 0) is 29.8 Å². The summed E-state index contributed by atoms with van der Waals surface area (Å²) in [6.07, 6.45) is 0.782. The SMILES string of the molecule is CS(=O)(=O)c1cc(C(=O)O)cc(C(F)(F)Cl)c1. The van der Waals surface area contributed by atoms with Gasteiger partial charge in [0.15, 0.2) is 9.84 Å². The average molecular weight is 285 g/mol. The standard InChI is InChI=1S/C9H7ClF2O4S/c1-17(15,16)7-3-5(8(13)14)2-6(4-7)9(10,11)12/h2-4H,1H3,(H,13,14). The number of carboxylic acid groups (broad SMARTS) is 1. The van der Waals surface area contributed by atoms with E-state index in [1.807, 2.05) is 0 Å². The van der Waals surface area contributed by atoms with Crippen LogP contribution in [-0.4, -0.2) is 25.7 Å². The molecule has 0 amide bonds. The van der Waals surface area contributed by atoms with E-state index in [0.717, 1.165) is 12.3 Å². The van der Waals surface area contributed by atoms with Gasteiger partial charge in [-0.25, -0.2) is 13.2 Å². The molecule has 0 saturated carbocycles. The van der Waals surface area contributed by atoms with E-state index in [1.54, 1.807) is 0 Å². The van der Waals surface area contributed by atoms with Crippen molar-refractivity contribution in [3.8, 4) is 0 Å². The molecule has 94 valence electrons. The second kappa shape index (κ2) is 4.23. The van der Waals surface area contributed by atoms with E-state index in [2.05, 4.69) is 0 Å². The van der Waals surface area contributed by atoms with Crippen LogP contribution in [-0.2, 0) is 15.2 Å². The highest BCUT2D eigenvalue weighted by atomic mass is 35.5. The lowest BCUT2D eigenvalue weighted by Gasteiger charge is -2.10. The van der Waals surface area contributed by atoms with Gasteiger partial charge < -0.3 is 5.11 Å². The lowest BCUT2D eigenvalue weighted by atomic mass is 10.1. The van der Waals surface area contributed by atoms with Gasteiger partial charge in [0.2, 0.25) is 0 Å². The third kappa shape index (κ3) is 3.37. The normalized spacial score (nSPS) is 12.5. The quantitative estimate of drug-likeness (QED) is 0.863. The molecule has 0 spiro atoms. The summed E-state index contributed by atoms with van der Waals surface area (Å²) < 4.78 is 48.1. The fourth-order valence-electron chi connectivity index (χ4n) is 1.10. The van der Waals surface area contributed by atoms with Gasteiger partial charge in [-0.3, -0.25) is 0 Å². The lowest BCUT2D eigenvalue weighted by Crippen LogP contribution is -2.09. The van der Waals surface area contributed by atoms with E-state index in [9.17, 15) is 22.0 Å². The predicted molar refractivity (Wildman–Crippen MR) is 56.3 cm³/mol. The summed E-state index contributed by atoms with van der Waals surface area (Å²) in [5.74, 6) is -1.52. The molecule has 0 atom stereocenters. The van der Waals surface area contributed by atoms with E-state index < -0.39 is 37.2 Å². The largest absolute Gasteiger partial charge is 0.478 e. The molecular weight excluding hydrogens is 278 g/mol. The lowest BCUT2D eigenvalue weighted by molar-refractivity contribution is 0.0695. The van der Waals surface area contributed by atoms with Crippen LogP contribution in [0.25, 0.3) is 0 Å². The Morgan fingerprint density at radius 1 is 1.35 bits per heavy atom. The molecule has 0 fully saturated rings. The minimum absolute atomic E-state index is 0.521. The van der Waals surface area contributed by atoms with Gasteiger partial charge in [0.25, 0.3) is 0 Å². The van der Waals surface area contributed by atoms with Crippen LogP contribution in [0.3, 0.4) is 0 Å². The van der Waals surface area contributed by atoms with Crippen LogP contribution < -0.4 is 0 Å². The van der Waals surface area contributed by atoms with Gasteiger partial charge in [-0.2, -0.15) is 8.78 Å². The molecule has 0 saturated heterocycles. The van der Waals surface area contributed by atoms with Crippen LogP contribution in [0.1, 0.15) is 15.9 Å². The van der Waals surface area contributed by atoms with E-state index in [4.69, 9.17) is 16.7 Å². The fourth-order valence-corrected chi connectivity index (χ4v) is 1.89. The second-order valence-corrected chi connectivity index (χ2v) is 5.81. The highest BCUT2D eigenvalue weighted by Crippen LogP contribution is 2.34. The predicted octanol–water partition coefficient (Wildman–Crippen LogP) is 2.08. The second-order valence-electron chi connectivity index (χ2n) is 3.32. The van der Waals surface area contributed by atoms with E-state index >= 15 is 0 Å². The highest BCUT2D eigenvalue weighted by molar-refractivity contribution is 7.90. The van der Waals surface area contributed by atoms with Crippen molar-refractivity contribution in [3.05, 3.63) is 29.3 Å². The Kier molecular flexibility index (Phi) is 3.45. The van der Waals surface area contributed by atoms with E-state index in [-0.39, 0.29) is 0 Å². The Morgan fingerprint density at radius 3 is 2.24 bits per heavy atom. The molecule has 1 aromatic rings. The molecule has 8 heteroatoms.